The van der Waals surface area contributed by atoms with Gasteiger partial charge in [-0.2, -0.15) is 0 Å². The van der Waals surface area contributed by atoms with Gasteiger partial charge in [0, 0.05) is 13.0 Å². The highest BCUT2D eigenvalue weighted by Crippen LogP contribution is 2.24. The molecule has 1 aliphatic heterocycles. The minimum atomic E-state index is -3.41. The highest BCUT2D eigenvalue weighted by atomic mass is 32.2. The number of sulfonamides is 1. The molecule has 1 aromatic rings. The first-order valence-corrected chi connectivity index (χ1v) is 7.10. The van der Waals surface area contributed by atoms with E-state index >= 15 is 0 Å². The van der Waals surface area contributed by atoms with Gasteiger partial charge in [-0.25, -0.2) is 18.1 Å². The van der Waals surface area contributed by atoms with Crippen LogP contribution in [0, 0.1) is 0 Å². The summed E-state index contributed by atoms with van der Waals surface area (Å²) in [7, 11) is -1.98. The van der Waals surface area contributed by atoms with E-state index in [0.29, 0.717) is 0 Å². The largest absolute Gasteiger partial charge is 0.331 e. The average molecular weight is 243 g/mol. The summed E-state index contributed by atoms with van der Waals surface area (Å²) in [4.78, 5) is 4.27. The molecule has 0 spiro atoms. The molecule has 0 atom stereocenters. The fraction of sp³-hybridized carbons (Fsp3) is 0.700. The van der Waals surface area contributed by atoms with Crippen molar-refractivity contribution in [1.29, 1.82) is 0 Å². The number of hydrogen-bond acceptors (Lipinski definition) is 3. The molecule has 0 radical (unpaired) electrons. The van der Waals surface area contributed by atoms with E-state index in [4.69, 9.17) is 0 Å². The molecule has 1 N–H and O–H groups in total. The maximum Gasteiger partial charge on any atom is 0.259 e. The van der Waals surface area contributed by atoms with Gasteiger partial charge in [0.1, 0.15) is 5.82 Å². The quantitative estimate of drug-likeness (QED) is 0.849. The smallest absolute Gasteiger partial charge is 0.259 e. The number of nitrogens with one attached hydrogen (secondary N) is 1. The highest BCUT2D eigenvalue weighted by Gasteiger charge is 2.26. The average Bonchev–Trinajstić information content (AvgIpc) is 2.68. The summed E-state index contributed by atoms with van der Waals surface area (Å²) in [5.41, 5.74) is 0.873. The second-order valence-corrected chi connectivity index (χ2v) is 5.75. The molecule has 5 nitrogen and oxygen atoms in total. The van der Waals surface area contributed by atoms with E-state index < -0.39 is 10.0 Å². The Morgan fingerprint density at radius 3 is 2.81 bits per heavy atom. The third kappa shape index (κ3) is 1.76. The van der Waals surface area contributed by atoms with Gasteiger partial charge in [-0.1, -0.05) is 6.92 Å². The van der Waals surface area contributed by atoms with Gasteiger partial charge in [-0.05, 0) is 26.3 Å². The number of aryl methyl sites for hydroxylation is 1. The van der Waals surface area contributed by atoms with Gasteiger partial charge in [0.25, 0.3) is 10.0 Å². The Hall–Kier alpha value is -0.880. The number of aromatic nitrogens is 2. The van der Waals surface area contributed by atoms with Crippen LogP contribution in [0.25, 0.3) is 0 Å². The first-order valence-electron chi connectivity index (χ1n) is 5.62. The van der Waals surface area contributed by atoms with Gasteiger partial charge in [0.15, 0.2) is 5.03 Å². The number of rotatable bonds is 3. The van der Waals surface area contributed by atoms with Crippen LogP contribution in [-0.2, 0) is 29.4 Å². The Balaban J connectivity index is 2.59. The molecular formula is C10H17N3O2S. The molecule has 0 amide bonds. The molecular weight excluding hydrogens is 226 g/mol. The second kappa shape index (κ2) is 4.18. The summed E-state index contributed by atoms with van der Waals surface area (Å²) in [6, 6.07) is 0. The molecule has 0 saturated heterocycles. The monoisotopic (exact) mass is 243 g/mol. The molecule has 0 bridgehead atoms. The van der Waals surface area contributed by atoms with Crippen molar-refractivity contribution in [3.05, 3.63) is 11.5 Å². The van der Waals surface area contributed by atoms with E-state index in [1.54, 1.807) is 0 Å². The van der Waals surface area contributed by atoms with Crippen molar-refractivity contribution < 1.29 is 8.42 Å². The lowest BCUT2D eigenvalue weighted by Crippen LogP contribution is -2.22. The van der Waals surface area contributed by atoms with Crippen molar-refractivity contribution in [3.63, 3.8) is 0 Å². The van der Waals surface area contributed by atoms with Gasteiger partial charge in [0.05, 0.1) is 5.69 Å². The Labute approximate surface area is 95.9 Å². The molecule has 6 heteroatoms. The predicted molar refractivity (Wildman–Crippen MR) is 60.8 cm³/mol. The van der Waals surface area contributed by atoms with E-state index in [-0.39, 0.29) is 5.03 Å². The standard InChI is InChI=1S/C10H17N3O2S/c1-3-9-12-10(16(14,15)11-2)8-6-4-5-7-13(8)9/h11H,3-7H2,1-2H3. The summed E-state index contributed by atoms with van der Waals surface area (Å²) < 4.78 is 28.0. The van der Waals surface area contributed by atoms with Crippen molar-refractivity contribution in [1.82, 2.24) is 14.3 Å². The van der Waals surface area contributed by atoms with Crippen LogP contribution in [0.4, 0.5) is 0 Å². The molecule has 0 fully saturated rings. The minimum absolute atomic E-state index is 0.228. The minimum Gasteiger partial charge on any atom is -0.331 e. The van der Waals surface area contributed by atoms with Crippen molar-refractivity contribution in [2.75, 3.05) is 7.05 Å². The lowest BCUT2D eigenvalue weighted by atomic mass is 10.1. The molecule has 0 aromatic carbocycles. The summed E-state index contributed by atoms with van der Waals surface area (Å²) in [6.45, 7) is 2.89. The summed E-state index contributed by atoms with van der Waals surface area (Å²) >= 11 is 0. The fourth-order valence-corrected chi connectivity index (χ4v) is 3.10. The summed E-state index contributed by atoms with van der Waals surface area (Å²) in [6.07, 6.45) is 3.73. The Kier molecular flexibility index (Phi) is 3.03. The van der Waals surface area contributed by atoms with E-state index in [1.807, 2.05) is 6.92 Å². The van der Waals surface area contributed by atoms with E-state index in [1.165, 1.54) is 7.05 Å². The molecule has 0 saturated carbocycles. The van der Waals surface area contributed by atoms with Crippen LogP contribution >= 0.6 is 0 Å². The van der Waals surface area contributed by atoms with Gasteiger partial charge < -0.3 is 4.57 Å². The Morgan fingerprint density at radius 1 is 1.44 bits per heavy atom. The van der Waals surface area contributed by atoms with Crippen molar-refractivity contribution in [3.8, 4) is 0 Å². The van der Waals surface area contributed by atoms with Gasteiger partial charge in [-0.15, -0.1) is 0 Å². The topological polar surface area (TPSA) is 64.0 Å². The number of fused-ring (bicyclic) bond motifs is 1. The Bertz CT molecular complexity index is 490. The van der Waals surface area contributed by atoms with Crippen molar-refractivity contribution in [2.24, 2.45) is 0 Å². The van der Waals surface area contributed by atoms with E-state index in [9.17, 15) is 8.42 Å². The normalized spacial score (nSPS) is 16.1. The van der Waals surface area contributed by atoms with Crippen LogP contribution in [0.15, 0.2) is 5.03 Å². The third-order valence-corrected chi connectivity index (χ3v) is 4.37. The maximum atomic E-state index is 11.8. The molecule has 2 heterocycles. The summed E-state index contributed by atoms with van der Waals surface area (Å²) in [5.74, 6) is 0.878. The van der Waals surface area contributed by atoms with Crippen molar-refractivity contribution in [2.45, 2.75) is 44.2 Å². The number of imidazole rings is 1. The van der Waals surface area contributed by atoms with Crippen LogP contribution < -0.4 is 4.72 Å². The molecule has 2 rings (SSSR count). The SMILES string of the molecule is CCc1nc(S(=O)(=O)NC)c2n1CCCC2. The van der Waals surface area contributed by atoms with Crippen molar-refractivity contribution >= 4 is 10.0 Å². The molecule has 0 aliphatic carbocycles. The van der Waals surface area contributed by atoms with Gasteiger partial charge >= 0.3 is 0 Å². The van der Waals surface area contributed by atoms with Crippen LogP contribution in [0.5, 0.6) is 0 Å². The molecule has 1 aromatic heterocycles. The van der Waals surface area contributed by atoms with Gasteiger partial charge in [-0.3, -0.25) is 0 Å². The van der Waals surface area contributed by atoms with E-state index in [0.717, 1.165) is 43.7 Å². The second-order valence-electron chi connectivity index (χ2n) is 3.95. The van der Waals surface area contributed by atoms with Crippen LogP contribution in [0.2, 0.25) is 0 Å². The van der Waals surface area contributed by atoms with Gasteiger partial charge in [0.2, 0.25) is 0 Å². The van der Waals surface area contributed by atoms with Crippen LogP contribution in [0.1, 0.15) is 31.3 Å². The predicted octanol–water partition coefficient (Wildman–Crippen LogP) is 0.690. The zero-order valence-electron chi connectivity index (χ0n) is 9.65. The maximum absolute atomic E-state index is 11.8. The third-order valence-electron chi connectivity index (χ3n) is 3.00. The zero-order chi connectivity index (χ0) is 11.8. The molecule has 90 valence electrons. The van der Waals surface area contributed by atoms with Crippen LogP contribution in [0.3, 0.4) is 0 Å². The molecule has 0 unspecified atom stereocenters. The summed E-state index contributed by atoms with van der Waals surface area (Å²) in [5, 5.41) is 0.228. The number of nitrogens with zero attached hydrogens (tertiary/aromatic N) is 2. The Morgan fingerprint density at radius 2 is 2.19 bits per heavy atom. The molecule has 1 aliphatic rings. The fourth-order valence-electron chi connectivity index (χ4n) is 2.16. The van der Waals surface area contributed by atoms with E-state index in [2.05, 4.69) is 14.3 Å². The number of hydrogen-bond donors (Lipinski definition) is 1. The first-order chi connectivity index (χ1) is 7.60. The van der Waals surface area contributed by atoms with Crippen LogP contribution in [-0.4, -0.2) is 25.0 Å². The first kappa shape index (κ1) is 11.6. The highest BCUT2D eigenvalue weighted by molar-refractivity contribution is 7.89. The lowest BCUT2D eigenvalue weighted by molar-refractivity contribution is 0.510. The lowest BCUT2D eigenvalue weighted by Gasteiger charge is -2.16. The zero-order valence-corrected chi connectivity index (χ0v) is 10.5. The molecule has 16 heavy (non-hydrogen) atoms.